The van der Waals surface area contributed by atoms with Gasteiger partial charge in [0, 0.05) is 0 Å². The largest absolute Gasteiger partial charge is 0.459 e. The normalized spacial score (nSPS) is 11.7. The minimum absolute atomic E-state index is 0.193. The van der Waals surface area contributed by atoms with Crippen LogP contribution in [0, 0.1) is 13.8 Å². The van der Waals surface area contributed by atoms with Crippen LogP contribution < -0.4 is 4.74 Å². The van der Waals surface area contributed by atoms with Crippen molar-refractivity contribution >= 4 is 11.9 Å². The maximum atomic E-state index is 12.5. The molecule has 0 saturated carbocycles. The van der Waals surface area contributed by atoms with Gasteiger partial charge in [-0.25, -0.2) is 9.59 Å². The van der Waals surface area contributed by atoms with Crippen LogP contribution in [0.3, 0.4) is 0 Å². The molecule has 1 unspecified atom stereocenters. The highest BCUT2D eigenvalue weighted by Gasteiger charge is 2.21. The molecule has 25 heavy (non-hydrogen) atoms. The smallest absolute Gasteiger partial charge is 0.344 e. The molecule has 1 atom stereocenters. The molecule has 2 aromatic carbocycles. The number of rotatable bonds is 6. The number of hydrogen-bond acceptors (Lipinski definition) is 4. The molecule has 2 aromatic rings. The molecule has 0 aliphatic carbocycles. The fourth-order valence-electron chi connectivity index (χ4n) is 2.49. The van der Waals surface area contributed by atoms with E-state index in [4.69, 9.17) is 9.47 Å². The molecule has 0 aliphatic heterocycles. The van der Waals surface area contributed by atoms with Crippen molar-refractivity contribution in [3.05, 3.63) is 64.7 Å². The highest BCUT2D eigenvalue weighted by molar-refractivity contribution is 6.03. The van der Waals surface area contributed by atoms with Gasteiger partial charge in [0.1, 0.15) is 5.75 Å². The summed E-state index contributed by atoms with van der Waals surface area (Å²) in [4.78, 5) is 24.9. The minimum Gasteiger partial charge on any atom is -0.459 e. The molecule has 0 aliphatic rings. The molecular formula is C21H24O4. The number of esters is 2. The Morgan fingerprint density at radius 3 is 2.20 bits per heavy atom. The molecule has 4 heteroatoms. The van der Waals surface area contributed by atoms with Crippen LogP contribution in [-0.2, 0) is 4.74 Å². The van der Waals surface area contributed by atoms with Crippen molar-refractivity contribution < 1.29 is 19.1 Å². The molecule has 0 saturated heterocycles. The minimum atomic E-state index is -0.570. The van der Waals surface area contributed by atoms with E-state index in [1.165, 1.54) is 0 Å². The summed E-state index contributed by atoms with van der Waals surface area (Å²) in [6, 6.07) is 12.0. The molecule has 132 valence electrons. The predicted molar refractivity (Wildman–Crippen MR) is 97.1 cm³/mol. The third-order valence-corrected chi connectivity index (χ3v) is 4.06. The predicted octanol–water partition coefficient (Wildman–Crippen LogP) is 4.87. The molecule has 0 amide bonds. The molecule has 4 nitrogen and oxygen atoms in total. The Kier molecular flexibility index (Phi) is 6.34. The summed E-state index contributed by atoms with van der Waals surface area (Å²) >= 11 is 0. The third-order valence-electron chi connectivity index (χ3n) is 4.06. The monoisotopic (exact) mass is 340 g/mol. The van der Waals surface area contributed by atoms with Crippen molar-refractivity contribution in [1.29, 1.82) is 0 Å². The molecule has 0 aromatic heterocycles. The van der Waals surface area contributed by atoms with Crippen molar-refractivity contribution in [2.24, 2.45) is 0 Å². The number of aryl methyl sites for hydroxylation is 2. The zero-order valence-corrected chi connectivity index (χ0v) is 15.2. The van der Waals surface area contributed by atoms with Gasteiger partial charge in [-0.1, -0.05) is 31.5 Å². The standard InChI is InChI=1S/C21H24O4/c1-5-8-16(4)24-20(22)18-9-6-7-10-19(18)21(23)25-17-12-11-14(2)15(3)13-17/h6-7,9-13,16H,5,8H2,1-4H3. The first-order chi connectivity index (χ1) is 11.9. The van der Waals surface area contributed by atoms with Gasteiger partial charge in [-0.05, 0) is 62.6 Å². The van der Waals surface area contributed by atoms with Crippen LogP contribution in [0.15, 0.2) is 42.5 Å². The van der Waals surface area contributed by atoms with E-state index in [2.05, 4.69) is 0 Å². The summed E-state index contributed by atoms with van der Waals surface area (Å²) in [5.74, 6) is -0.622. The maximum absolute atomic E-state index is 12.5. The van der Waals surface area contributed by atoms with E-state index in [9.17, 15) is 9.59 Å². The average molecular weight is 340 g/mol. The van der Waals surface area contributed by atoms with E-state index >= 15 is 0 Å². The Labute approximate surface area is 148 Å². The number of ether oxygens (including phenoxy) is 2. The fourth-order valence-corrected chi connectivity index (χ4v) is 2.49. The zero-order chi connectivity index (χ0) is 18.4. The SMILES string of the molecule is CCCC(C)OC(=O)c1ccccc1C(=O)Oc1ccc(C)c(C)c1. The van der Waals surface area contributed by atoms with Gasteiger partial charge < -0.3 is 9.47 Å². The van der Waals surface area contributed by atoms with E-state index in [1.54, 1.807) is 36.4 Å². The van der Waals surface area contributed by atoms with Gasteiger partial charge in [-0.2, -0.15) is 0 Å². The lowest BCUT2D eigenvalue weighted by Crippen LogP contribution is -2.19. The van der Waals surface area contributed by atoms with Crippen LogP contribution in [-0.4, -0.2) is 18.0 Å². The van der Waals surface area contributed by atoms with Crippen LogP contribution in [0.2, 0.25) is 0 Å². The Balaban J connectivity index is 2.19. The summed E-state index contributed by atoms with van der Waals surface area (Å²) in [5, 5.41) is 0. The summed E-state index contributed by atoms with van der Waals surface area (Å²) in [6.45, 7) is 7.81. The van der Waals surface area contributed by atoms with Crippen LogP contribution in [0.4, 0.5) is 0 Å². The second-order valence-corrected chi connectivity index (χ2v) is 6.19. The fraction of sp³-hybridized carbons (Fsp3) is 0.333. The number of hydrogen-bond donors (Lipinski definition) is 0. The molecule has 0 N–H and O–H groups in total. The summed E-state index contributed by atoms with van der Waals surface area (Å²) in [6.07, 6.45) is 1.51. The molecule has 0 radical (unpaired) electrons. The lowest BCUT2D eigenvalue weighted by molar-refractivity contribution is 0.0318. The first kappa shape index (κ1) is 18.7. The van der Waals surface area contributed by atoms with Crippen LogP contribution >= 0.6 is 0 Å². The second-order valence-electron chi connectivity index (χ2n) is 6.19. The van der Waals surface area contributed by atoms with Crippen LogP contribution in [0.1, 0.15) is 58.5 Å². The van der Waals surface area contributed by atoms with E-state index in [-0.39, 0.29) is 17.2 Å². The molecule has 0 fully saturated rings. The molecule has 0 heterocycles. The van der Waals surface area contributed by atoms with E-state index < -0.39 is 11.9 Å². The van der Waals surface area contributed by atoms with Gasteiger partial charge in [-0.3, -0.25) is 0 Å². The quantitative estimate of drug-likeness (QED) is 0.556. The highest BCUT2D eigenvalue weighted by atomic mass is 16.5. The first-order valence-electron chi connectivity index (χ1n) is 8.51. The average Bonchev–Trinajstić information content (AvgIpc) is 2.58. The van der Waals surface area contributed by atoms with Gasteiger partial charge in [0.15, 0.2) is 0 Å². The van der Waals surface area contributed by atoms with Gasteiger partial charge >= 0.3 is 11.9 Å². The summed E-state index contributed by atoms with van der Waals surface area (Å²) < 4.78 is 10.8. The van der Waals surface area contributed by atoms with E-state index in [0.717, 1.165) is 24.0 Å². The first-order valence-corrected chi connectivity index (χ1v) is 8.51. The van der Waals surface area contributed by atoms with Crippen LogP contribution in [0.5, 0.6) is 5.75 Å². The Morgan fingerprint density at radius 2 is 1.60 bits per heavy atom. The summed E-state index contributed by atoms with van der Waals surface area (Å²) in [5.41, 5.74) is 2.58. The van der Waals surface area contributed by atoms with Crippen molar-refractivity contribution in [1.82, 2.24) is 0 Å². The van der Waals surface area contributed by atoms with Crippen molar-refractivity contribution in [2.75, 3.05) is 0 Å². The molecule has 2 rings (SSSR count). The lowest BCUT2D eigenvalue weighted by Gasteiger charge is -2.14. The highest BCUT2D eigenvalue weighted by Crippen LogP contribution is 2.20. The lowest BCUT2D eigenvalue weighted by atomic mass is 10.1. The molecule has 0 spiro atoms. The van der Waals surface area contributed by atoms with Gasteiger partial charge in [-0.15, -0.1) is 0 Å². The molecule has 0 bridgehead atoms. The number of carbonyl (C=O) groups excluding carboxylic acids is 2. The van der Waals surface area contributed by atoms with Gasteiger partial charge in [0.2, 0.25) is 0 Å². The van der Waals surface area contributed by atoms with E-state index in [0.29, 0.717) is 5.75 Å². The molecular weight excluding hydrogens is 316 g/mol. The van der Waals surface area contributed by atoms with Crippen molar-refractivity contribution in [3.63, 3.8) is 0 Å². The van der Waals surface area contributed by atoms with Crippen LogP contribution in [0.25, 0.3) is 0 Å². The Hall–Kier alpha value is -2.62. The number of benzene rings is 2. The Bertz CT molecular complexity index is 764. The van der Waals surface area contributed by atoms with Gasteiger partial charge in [0.25, 0.3) is 0 Å². The maximum Gasteiger partial charge on any atom is 0.344 e. The number of carbonyl (C=O) groups is 2. The zero-order valence-electron chi connectivity index (χ0n) is 15.2. The van der Waals surface area contributed by atoms with Gasteiger partial charge in [0.05, 0.1) is 17.2 Å². The van der Waals surface area contributed by atoms with Crippen molar-refractivity contribution in [3.8, 4) is 5.75 Å². The second kappa shape index (κ2) is 8.47. The van der Waals surface area contributed by atoms with Crippen molar-refractivity contribution in [2.45, 2.75) is 46.6 Å². The summed E-state index contributed by atoms with van der Waals surface area (Å²) in [7, 11) is 0. The topological polar surface area (TPSA) is 52.6 Å². The van der Waals surface area contributed by atoms with E-state index in [1.807, 2.05) is 33.8 Å². The third kappa shape index (κ3) is 4.92. The Morgan fingerprint density at radius 1 is 0.960 bits per heavy atom.